The van der Waals surface area contributed by atoms with Crippen molar-refractivity contribution >= 4 is 43.5 Å². The van der Waals surface area contributed by atoms with E-state index in [0.29, 0.717) is 24.7 Å². The fourth-order valence-electron chi connectivity index (χ4n) is 4.32. The molecule has 0 saturated heterocycles. The lowest BCUT2D eigenvalue weighted by Crippen LogP contribution is -2.52. The Morgan fingerprint density at radius 2 is 1.66 bits per heavy atom. The van der Waals surface area contributed by atoms with E-state index in [9.17, 15) is 18.0 Å². The average Bonchev–Trinajstić information content (AvgIpc) is 2.98. The van der Waals surface area contributed by atoms with Crippen molar-refractivity contribution in [2.45, 2.75) is 50.7 Å². The summed E-state index contributed by atoms with van der Waals surface area (Å²) >= 11 is 3.46. The van der Waals surface area contributed by atoms with Gasteiger partial charge < -0.3 is 19.7 Å². The predicted molar refractivity (Wildman–Crippen MR) is 160 cm³/mol. The number of rotatable bonds is 11. The number of nitrogens with zero attached hydrogens (tertiary/aromatic N) is 2. The van der Waals surface area contributed by atoms with Gasteiger partial charge in [0.2, 0.25) is 11.8 Å². The maximum absolute atomic E-state index is 14.1. The molecule has 0 fully saturated rings. The third-order valence-corrected chi connectivity index (χ3v) is 9.12. The molecule has 9 nitrogen and oxygen atoms in total. The van der Waals surface area contributed by atoms with E-state index in [1.54, 1.807) is 43.3 Å². The molecule has 3 aromatic rings. The minimum Gasteiger partial charge on any atom is -0.486 e. The second-order valence-electron chi connectivity index (χ2n) is 9.80. The summed E-state index contributed by atoms with van der Waals surface area (Å²) in [7, 11) is -4.18. The summed E-state index contributed by atoms with van der Waals surface area (Å²) in [5.41, 5.74) is 1.03. The Kier molecular flexibility index (Phi) is 9.93. The summed E-state index contributed by atoms with van der Waals surface area (Å²) < 4.78 is 41.1. The van der Waals surface area contributed by atoms with Crippen molar-refractivity contribution in [2.75, 3.05) is 24.1 Å². The van der Waals surface area contributed by atoms with E-state index in [4.69, 9.17) is 9.47 Å². The van der Waals surface area contributed by atoms with Gasteiger partial charge in [-0.3, -0.25) is 13.9 Å². The van der Waals surface area contributed by atoms with Crippen LogP contribution in [-0.2, 0) is 26.2 Å². The number of fused-ring (bicyclic) bond motifs is 1. The van der Waals surface area contributed by atoms with Crippen LogP contribution in [-0.4, -0.2) is 57.0 Å². The number of carbonyl (C=O) groups excluding carboxylic acids is 2. The van der Waals surface area contributed by atoms with Gasteiger partial charge in [0, 0.05) is 23.1 Å². The van der Waals surface area contributed by atoms with Gasteiger partial charge in [-0.15, -0.1) is 0 Å². The van der Waals surface area contributed by atoms with Crippen LogP contribution in [0.4, 0.5) is 5.69 Å². The highest BCUT2D eigenvalue weighted by Crippen LogP contribution is 2.36. The van der Waals surface area contributed by atoms with Gasteiger partial charge in [0.25, 0.3) is 10.0 Å². The molecular formula is C30H34BrN3O6S. The Morgan fingerprint density at radius 3 is 2.34 bits per heavy atom. The molecule has 3 aromatic carbocycles. The van der Waals surface area contributed by atoms with Crippen molar-refractivity contribution in [1.82, 2.24) is 10.2 Å². The minimum absolute atomic E-state index is 0.0313. The van der Waals surface area contributed by atoms with Gasteiger partial charge in [-0.1, -0.05) is 53.2 Å². The molecule has 0 bridgehead atoms. The smallest absolute Gasteiger partial charge is 0.264 e. The molecule has 0 saturated carbocycles. The molecule has 2 atom stereocenters. The number of nitrogens with one attached hydrogen (secondary N) is 1. The molecule has 41 heavy (non-hydrogen) atoms. The molecule has 1 N–H and O–H groups in total. The normalized spacial score (nSPS) is 14.0. The summed E-state index contributed by atoms with van der Waals surface area (Å²) in [6, 6.07) is 19.2. The number of anilines is 1. The number of carbonyl (C=O) groups is 2. The first-order valence-electron chi connectivity index (χ1n) is 13.4. The molecule has 2 amide bonds. The first-order chi connectivity index (χ1) is 19.6. The molecule has 0 unspecified atom stereocenters. The van der Waals surface area contributed by atoms with Crippen LogP contribution < -0.4 is 19.1 Å². The topological polar surface area (TPSA) is 105 Å². The third-order valence-electron chi connectivity index (χ3n) is 6.83. The number of amides is 2. The van der Waals surface area contributed by atoms with Crippen LogP contribution in [0.1, 0.15) is 32.8 Å². The Morgan fingerprint density at radius 1 is 0.951 bits per heavy atom. The van der Waals surface area contributed by atoms with Crippen molar-refractivity contribution in [2.24, 2.45) is 0 Å². The van der Waals surface area contributed by atoms with E-state index in [2.05, 4.69) is 21.2 Å². The van der Waals surface area contributed by atoms with E-state index < -0.39 is 28.5 Å². The summed E-state index contributed by atoms with van der Waals surface area (Å²) in [5.74, 6) is 0.0300. The van der Waals surface area contributed by atoms with Crippen LogP contribution in [0.3, 0.4) is 0 Å². The zero-order chi connectivity index (χ0) is 29.6. The van der Waals surface area contributed by atoms with Crippen molar-refractivity contribution in [3.63, 3.8) is 0 Å². The van der Waals surface area contributed by atoms with Crippen LogP contribution >= 0.6 is 15.9 Å². The highest BCUT2D eigenvalue weighted by Gasteiger charge is 2.33. The highest BCUT2D eigenvalue weighted by atomic mass is 79.9. The number of halogens is 1. The summed E-state index contributed by atoms with van der Waals surface area (Å²) in [4.78, 5) is 28.7. The van der Waals surface area contributed by atoms with Crippen LogP contribution in [0, 0.1) is 0 Å². The molecule has 0 aromatic heterocycles. The second kappa shape index (κ2) is 13.4. The van der Waals surface area contributed by atoms with Crippen LogP contribution in [0.25, 0.3) is 0 Å². The van der Waals surface area contributed by atoms with Crippen LogP contribution in [0.15, 0.2) is 82.2 Å². The second-order valence-corrected chi connectivity index (χ2v) is 12.6. The minimum atomic E-state index is -4.18. The zero-order valence-corrected chi connectivity index (χ0v) is 25.7. The van der Waals surface area contributed by atoms with E-state index in [0.717, 1.165) is 20.8 Å². The van der Waals surface area contributed by atoms with Crippen molar-refractivity contribution in [3.8, 4) is 11.5 Å². The highest BCUT2D eigenvalue weighted by molar-refractivity contribution is 9.10. The molecule has 11 heteroatoms. The number of ether oxygens (including phenoxy) is 2. The van der Waals surface area contributed by atoms with Crippen molar-refractivity contribution in [1.29, 1.82) is 0 Å². The number of hydrogen-bond acceptors (Lipinski definition) is 6. The molecule has 4 rings (SSSR count). The molecule has 0 spiro atoms. The molecule has 1 aliphatic rings. The average molecular weight is 645 g/mol. The Hall–Kier alpha value is -3.57. The quantitative estimate of drug-likeness (QED) is 0.323. The molecule has 0 aliphatic carbocycles. The van der Waals surface area contributed by atoms with Gasteiger partial charge in [0.1, 0.15) is 25.8 Å². The molecule has 0 radical (unpaired) electrons. The SMILES string of the molecule is CC[C@H](C)NC(=O)[C@@H](C)N(Cc1cccc(Br)c1)C(=O)CN(c1ccc2c(c1)OCCO2)S(=O)(=O)c1ccccc1. The predicted octanol–water partition coefficient (Wildman–Crippen LogP) is 4.75. The van der Waals surface area contributed by atoms with Crippen LogP contribution in [0.5, 0.6) is 11.5 Å². The fraction of sp³-hybridized carbons (Fsp3) is 0.333. The molecule has 1 heterocycles. The van der Waals surface area contributed by atoms with E-state index in [1.165, 1.54) is 17.0 Å². The zero-order valence-electron chi connectivity index (χ0n) is 23.2. The van der Waals surface area contributed by atoms with Crippen molar-refractivity contribution in [3.05, 3.63) is 82.8 Å². The number of sulfonamides is 1. The molecular weight excluding hydrogens is 610 g/mol. The first kappa shape index (κ1) is 30.4. The maximum Gasteiger partial charge on any atom is 0.264 e. The van der Waals surface area contributed by atoms with E-state index in [-0.39, 0.29) is 29.1 Å². The van der Waals surface area contributed by atoms with Gasteiger partial charge in [0.05, 0.1) is 10.6 Å². The lowest BCUT2D eigenvalue weighted by Gasteiger charge is -2.32. The Balaban J connectivity index is 1.73. The standard InChI is InChI=1S/C30H34BrN3O6S/c1-4-21(2)32-30(36)22(3)33(19-23-9-8-10-24(31)17-23)29(35)20-34(41(37,38)26-11-6-5-7-12-26)25-13-14-27-28(18-25)40-16-15-39-27/h5-14,17-18,21-22H,4,15-16,19-20H2,1-3H3,(H,32,36)/t21-,22+/m0/s1. The fourth-order valence-corrected chi connectivity index (χ4v) is 6.19. The largest absolute Gasteiger partial charge is 0.486 e. The summed E-state index contributed by atoms with van der Waals surface area (Å²) in [6.07, 6.45) is 0.727. The number of hydrogen-bond donors (Lipinski definition) is 1. The van der Waals surface area contributed by atoms with E-state index in [1.807, 2.05) is 38.1 Å². The van der Waals surface area contributed by atoms with Crippen LogP contribution in [0.2, 0.25) is 0 Å². The Labute approximate surface area is 249 Å². The summed E-state index contributed by atoms with van der Waals surface area (Å²) in [5, 5.41) is 2.93. The maximum atomic E-state index is 14.1. The monoisotopic (exact) mass is 643 g/mol. The van der Waals surface area contributed by atoms with Gasteiger partial charge in [-0.05, 0) is 62.2 Å². The van der Waals surface area contributed by atoms with E-state index >= 15 is 0 Å². The lowest BCUT2D eigenvalue weighted by atomic mass is 10.1. The van der Waals surface area contributed by atoms with Crippen molar-refractivity contribution < 1.29 is 27.5 Å². The van der Waals surface area contributed by atoms with Gasteiger partial charge in [-0.25, -0.2) is 8.42 Å². The van der Waals surface area contributed by atoms with Gasteiger partial charge in [0.15, 0.2) is 11.5 Å². The molecule has 218 valence electrons. The first-order valence-corrected chi connectivity index (χ1v) is 15.6. The molecule has 1 aliphatic heterocycles. The lowest BCUT2D eigenvalue weighted by molar-refractivity contribution is -0.139. The number of benzene rings is 3. The van der Waals surface area contributed by atoms with Gasteiger partial charge in [-0.2, -0.15) is 0 Å². The third kappa shape index (κ3) is 7.39. The Bertz CT molecular complexity index is 1480. The van der Waals surface area contributed by atoms with Gasteiger partial charge >= 0.3 is 0 Å². The summed E-state index contributed by atoms with van der Waals surface area (Å²) in [6.45, 7) is 5.77.